The topological polar surface area (TPSA) is 178 Å². The van der Waals surface area contributed by atoms with E-state index in [-0.39, 0.29) is 43.6 Å². The second-order valence-electron chi connectivity index (χ2n) is 11.4. The summed E-state index contributed by atoms with van der Waals surface area (Å²) in [5.74, 6) is -1.75. The number of aliphatic carboxylic acids is 1. The highest BCUT2D eigenvalue weighted by atomic mass is 16.6. The van der Waals surface area contributed by atoms with Crippen LogP contribution in [0.15, 0.2) is 61.1 Å². The molecule has 4 aromatic rings. The van der Waals surface area contributed by atoms with Crippen LogP contribution in [0.25, 0.3) is 22.2 Å². The molecule has 5 rings (SSSR count). The third kappa shape index (κ3) is 7.52. The fraction of sp³-hybridized carbons (Fsp3) is 0.323. The third-order valence-electron chi connectivity index (χ3n) is 6.95. The standard InChI is InChI=1S/C31H33N7O7/c1-31(2,3)45-29(42)32-12-13-37(16-26(40)41)25(39)15-38-14-23-27(33-18-34-28(23)36-38)35-30(43)44-17-24-21-10-6-4-8-19(21)20-9-5-7-11-22(20)24/h4-11,14,18,24H,12-13,15-17H2,1-3H3,(H,32,42)(H,40,41)(H,33,34,35,36,43). The number of carboxylic acids is 1. The largest absolute Gasteiger partial charge is 0.480 e. The molecule has 0 saturated heterocycles. The van der Waals surface area contributed by atoms with Crippen LogP contribution in [0.1, 0.15) is 37.8 Å². The molecule has 0 aliphatic heterocycles. The molecule has 45 heavy (non-hydrogen) atoms. The van der Waals surface area contributed by atoms with Gasteiger partial charge >= 0.3 is 18.2 Å². The van der Waals surface area contributed by atoms with Gasteiger partial charge in [-0.05, 0) is 43.0 Å². The molecule has 2 aromatic carbocycles. The van der Waals surface area contributed by atoms with E-state index in [1.165, 1.54) is 17.2 Å². The number of nitrogens with one attached hydrogen (secondary N) is 2. The number of carbonyl (C=O) groups excluding carboxylic acids is 3. The average molecular weight is 616 g/mol. The number of nitrogens with zero attached hydrogens (tertiary/aromatic N) is 5. The molecule has 234 valence electrons. The van der Waals surface area contributed by atoms with Crippen molar-refractivity contribution in [1.29, 1.82) is 0 Å². The van der Waals surface area contributed by atoms with Gasteiger partial charge in [0.15, 0.2) is 5.65 Å². The van der Waals surface area contributed by atoms with Crippen LogP contribution in [0, 0.1) is 0 Å². The molecule has 14 heteroatoms. The number of carbonyl (C=O) groups is 4. The van der Waals surface area contributed by atoms with E-state index in [1.54, 1.807) is 20.8 Å². The number of fused-ring (bicyclic) bond motifs is 4. The number of carboxylic acid groups (broad SMARTS) is 1. The van der Waals surface area contributed by atoms with E-state index in [0.717, 1.165) is 27.2 Å². The molecule has 1 aliphatic carbocycles. The Balaban J connectivity index is 1.21. The van der Waals surface area contributed by atoms with E-state index in [0.29, 0.717) is 5.39 Å². The van der Waals surface area contributed by atoms with Gasteiger partial charge in [0.2, 0.25) is 5.91 Å². The van der Waals surface area contributed by atoms with Gasteiger partial charge < -0.3 is 24.8 Å². The lowest BCUT2D eigenvalue weighted by Crippen LogP contribution is -2.43. The second kappa shape index (κ2) is 13.0. The summed E-state index contributed by atoms with van der Waals surface area (Å²) in [6, 6.07) is 16.0. The lowest BCUT2D eigenvalue weighted by Gasteiger charge is -2.22. The summed E-state index contributed by atoms with van der Waals surface area (Å²) in [6.07, 6.45) is 1.30. The van der Waals surface area contributed by atoms with E-state index in [2.05, 4.69) is 37.8 Å². The minimum atomic E-state index is -1.22. The highest BCUT2D eigenvalue weighted by molar-refractivity contribution is 5.95. The molecular formula is C31H33N7O7. The van der Waals surface area contributed by atoms with Crippen molar-refractivity contribution in [3.8, 4) is 11.1 Å². The lowest BCUT2D eigenvalue weighted by atomic mass is 9.98. The number of benzene rings is 2. The quantitative estimate of drug-likeness (QED) is 0.239. The van der Waals surface area contributed by atoms with Gasteiger partial charge in [-0.15, -0.1) is 0 Å². The predicted octanol–water partition coefficient (Wildman–Crippen LogP) is 3.63. The maximum Gasteiger partial charge on any atom is 0.412 e. The second-order valence-corrected chi connectivity index (χ2v) is 11.4. The zero-order valence-corrected chi connectivity index (χ0v) is 25.0. The summed E-state index contributed by atoms with van der Waals surface area (Å²) in [6.45, 7) is 4.26. The molecule has 0 radical (unpaired) electrons. The van der Waals surface area contributed by atoms with Crippen molar-refractivity contribution in [2.75, 3.05) is 31.6 Å². The molecule has 0 fully saturated rings. The van der Waals surface area contributed by atoms with Crippen LogP contribution in [0.5, 0.6) is 0 Å². The van der Waals surface area contributed by atoms with Gasteiger partial charge in [-0.1, -0.05) is 48.5 Å². The third-order valence-corrected chi connectivity index (χ3v) is 6.95. The maximum atomic E-state index is 13.0. The van der Waals surface area contributed by atoms with Gasteiger partial charge in [-0.3, -0.25) is 19.6 Å². The number of hydrogen-bond donors (Lipinski definition) is 3. The Morgan fingerprint density at radius 1 is 0.978 bits per heavy atom. The fourth-order valence-corrected chi connectivity index (χ4v) is 5.10. The highest BCUT2D eigenvalue weighted by Crippen LogP contribution is 2.44. The molecule has 2 heterocycles. The van der Waals surface area contributed by atoms with E-state index >= 15 is 0 Å². The monoisotopic (exact) mass is 615 g/mol. The van der Waals surface area contributed by atoms with Gasteiger partial charge in [0.25, 0.3) is 0 Å². The number of aromatic nitrogens is 4. The van der Waals surface area contributed by atoms with Crippen molar-refractivity contribution in [2.45, 2.75) is 38.8 Å². The van der Waals surface area contributed by atoms with Gasteiger partial charge in [0, 0.05) is 25.2 Å². The smallest absolute Gasteiger partial charge is 0.412 e. The number of rotatable bonds is 10. The molecule has 0 saturated carbocycles. The zero-order valence-electron chi connectivity index (χ0n) is 25.0. The van der Waals surface area contributed by atoms with Crippen molar-refractivity contribution in [1.82, 2.24) is 30.0 Å². The van der Waals surface area contributed by atoms with Crippen molar-refractivity contribution in [3.05, 3.63) is 72.2 Å². The molecule has 3 N–H and O–H groups in total. The minimum absolute atomic E-state index is 0.0191. The first-order valence-electron chi connectivity index (χ1n) is 14.2. The van der Waals surface area contributed by atoms with E-state index in [9.17, 15) is 24.3 Å². The molecule has 0 atom stereocenters. The first-order valence-corrected chi connectivity index (χ1v) is 14.2. The van der Waals surface area contributed by atoms with Gasteiger partial charge in [-0.2, -0.15) is 5.10 Å². The summed E-state index contributed by atoms with van der Waals surface area (Å²) in [4.78, 5) is 58.5. The Hall–Kier alpha value is -5.53. The van der Waals surface area contributed by atoms with Crippen LogP contribution in [-0.2, 0) is 25.6 Å². The number of hydrogen-bond acceptors (Lipinski definition) is 9. The molecular weight excluding hydrogens is 582 g/mol. The summed E-state index contributed by atoms with van der Waals surface area (Å²) < 4.78 is 12.1. The van der Waals surface area contributed by atoms with Crippen molar-refractivity contribution >= 4 is 40.9 Å². The van der Waals surface area contributed by atoms with Crippen LogP contribution in [0.4, 0.5) is 15.4 Å². The number of anilines is 1. The van der Waals surface area contributed by atoms with Crippen molar-refractivity contribution < 1.29 is 33.8 Å². The lowest BCUT2D eigenvalue weighted by molar-refractivity contribution is -0.144. The summed E-state index contributed by atoms with van der Waals surface area (Å²) in [5.41, 5.74) is 3.90. The van der Waals surface area contributed by atoms with Crippen LogP contribution in [0.2, 0.25) is 0 Å². The summed E-state index contributed by atoms with van der Waals surface area (Å²) in [7, 11) is 0. The molecule has 0 bridgehead atoms. The Labute approximate surface area is 258 Å². The van der Waals surface area contributed by atoms with Crippen LogP contribution in [0.3, 0.4) is 0 Å². The molecule has 1 aliphatic rings. The Bertz CT molecular complexity index is 1700. The zero-order chi connectivity index (χ0) is 32.1. The Morgan fingerprint density at radius 3 is 2.29 bits per heavy atom. The maximum absolute atomic E-state index is 13.0. The Kier molecular flexibility index (Phi) is 8.93. The first-order chi connectivity index (χ1) is 21.5. The highest BCUT2D eigenvalue weighted by Gasteiger charge is 2.29. The van der Waals surface area contributed by atoms with E-state index in [4.69, 9.17) is 9.47 Å². The number of alkyl carbamates (subject to hydrolysis) is 1. The number of ether oxygens (including phenoxy) is 2. The normalized spacial score (nSPS) is 12.2. The van der Waals surface area contributed by atoms with E-state index in [1.807, 2.05) is 36.4 Å². The summed E-state index contributed by atoms with van der Waals surface area (Å²) >= 11 is 0. The summed E-state index contributed by atoms with van der Waals surface area (Å²) in [5, 5.41) is 19.1. The van der Waals surface area contributed by atoms with Crippen LogP contribution < -0.4 is 10.6 Å². The van der Waals surface area contributed by atoms with Gasteiger partial charge in [-0.25, -0.2) is 19.6 Å². The molecule has 0 spiro atoms. The predicted molar refractivity (Wildman–Crippen MR) is 162 cm³/mol. The van der Waals surface area contributed by atoms with Gasteiger partial charge in [0.05, 0.1) is 5.39 Å². The molecule has 2 aromatic heterocycles. The van der Waals surface area contributed by atoms with Gasteiger partial charge in [0.1, 0.15) is 37.4 Å². The first kappa shape index (κ1) is 30.9. The molecule has 0 unspecified atom stereocenters. The minimum Gasteiger partial charge on any atom is -0.480 e. The van der Waals surface area contributed by atoms with Crippen molar-refractivity contribution in [3.63, 3.8) is 0 Å². The van der Waals surface area contributed by atoms with Crippen LogP contribution >= 0.6 is 0 Å². The fourth-order valence-electron chi connectivity index (χ4n) is 5.10. The van der Waals surface area contributed by atoms with Crippen molar-refractivity contribution in [2.24, 2.45) is 0 Å². The number of amides is 3. The average Bonchev–Trinajstić information content (AvgIpc) is 3.53. The van der Waals surface area contributed by atoms with Crippen LogP contribution in [-0.4, -0.2) is 85.7 Å². The van der Waals surface area contributed by atoms with E-state index < -0.39 is 36.2 Å². The SMILES string of the molecule is CC(C)(C)OC(=O)NCCN(CC(=O)O)C(=O)Cn1cc2c(NC(=O)OCC3c4ccccc4-c4ccccc43)ncnc2n1. The Morgan fingerprint density at radius 2 is 1.64 bits per heavy atom. The molecule has 3 amide bonds. The molecule has 14 nitrogen and oxygen atoms in total.